The molecule has 80 valence electrons. The SMILES string of the molecule is C=C(N)Nc1nc(C)nc(NC(N)=O)n1. The quantitative estimate of drug-likeness (QED) is 0.531. The van der Waals surface area contributed by atoms with Crippen LogP contribution in [0.3, 0.4) is 0 Å². The lowest BCUT2D eigenvalue weighted by Gasteiger charge is -2.06. The van der Waals surface area contributed by atoms with E-state index in [0.29, 0.717) is 5.82 Å². The van der Waals surface area contributed by atoms with E-state index >= 15 is 0 Å². The van der Waals surface area contributed by atoms with Gasteiger partial charge < -0.3 is 16.8 Å². The topological polar surface area (TPSA) is 132 Å². The molecule has 0 spiro atoms. The lowest BCUT2D eigenvalue weighted by Crippen LogP contribution is -2.22. The first-order valence-electron chi connectivity index (χ1n) is 3.98. The zero-order valence-corrected chi connectivity index (χ0v) is 8.11. The Bertz CT molecular complexity index is 368. The maximum Gasteiger partial charge on any atom is 0.319 e. The number of nitrogens with one attached hydrogen (secondary N) is 2. The summed E-state index contributed by atoms with van der Waals surface area (Å²) in [6, 6.07) is -0.752. The molecule has 0 aliphatic carbocycles. The smallest absolute Gasteiger partial charge is 0.319 e. The molecule has 8 heteroatoms. The summed E-state index contributed by atoms with van der Waals surface area (Å²) in [5.41, 5.74) is 10.2. The fourth-order valence-corrected chi connectivity index (χ4v) is 0.847. The van der Waals surface area contributed by atoms with Gasteiger partial charge in [0.1, 0.15) is 5.82 Å². The minimum atomic E-state index is -0.752. The number of carbonyl (C=O) groups excluding carboxylic acids is 1. The summed E-state index contributed by atoms with van der Waals surface area (Å²) in [5, 5.41) is 4.81. The number of hydrogen-bond donors (Lipinski definition) is 4. The van der Waals surface area contributed by atoms with E-state index in [1.54, 1.807) is 6.92 Å². The molecule has 0 aromatic carbocycles. The molecule has 0 fully saturated rings. The van der Waals surface area contributed by atoms with Crippen LogP contribution in [0.15, 0.2) is 12.4 Å². The van der Waals surface area contributed by atoms with Crippen LogP contribution in [0.5, 0.6) is 0 Å². The molecule has 8 nitrogen and oxygen atoms in total. The highest BCUT2D eigenvalue weighted by atomic mass is 16.2. The van der Waals surface area contributed by atoms with Crippen molar-refractivity contribution in [2.24, 2.45) is 11.5 Å². The number of amides is 2. The Morgan fingerprint density at radius 2 is 1.73 bits per heavy atom. The molecule has 0 aliphatic heterocycles. The van der Waals surface area contributed by atoms with Crippen LogP contribution < -0.4 is 22.1 Å². The van der Waals surface area contributed by atoms with Gasteiger partial charge >= 0.3 is 6.03 Å². The number of rotatable bonds is 3. The number of aromatic nitrogens is 3. The lowest BCUT2D eigenvalue weighted by atomic mass is 10.6. The molecule has 1 rings (SSSR count). The number of nitrogens with two attached hydrogens (primary N) is 2. The molecule has 0 saturated heterocycles. The summed E-state index contributed by atoms with van der Waals surface area (Å²) >= 11 is 0. The Kier molecular flexibility index (Phi) is 3.01. The van der Waals surface area contributed by atoms with E-state index in [1.807, 2.05) is 0 Å². The molecule has 1 aromatic heterocycles. The predicted octanol–water partition coefficient (Wildman–Crippen LogP) is -0.488. The van der Waals surface area contributed by atoms with Crippen LogP contribution in [0.4, 0.5) is 16.7 Å². The van der Waals surface area contributed by atoms with Gasteiger partial charge in [-0.3, -0.25) is 5.32 Å². The summed E-state index contributed by atoms with van der Waals surface area (Å²) in [7, 11) is 0. The molecule has 0 unspecified atom stereocenters. The summed E-state index contributed by atoms with van der Waals surface area (Å²) in [6.07, 6.45) is 0. The number of carbonyl (C=O) groups is 1. The standard InChI is InChI=1S/C7H11N7O/c1-3(8)10-6-11-4(2)12-7(14-6)13-5(9)15/h1,8H2,2H3,(H4,9,10,11,12,13,14,15). The van der Waals surface area contributed by atoms with Gasteiger partial charge in [-0.2, -0.15) is 15.0 Å². The van der Waals surface area contributed by atoms with E-state index in [-0.39, 0.29) is 17.7 Å². The van der Waals surface area contributed by atoms with Gasteiger partial charge in [0.15, 0.2) is 0 Å². The Hall–Kier alpha value is -2.38. The van der Waals surface area contributed by atoms with E-state index in [9.17, 15) is 4.79 Å². The van der Waals surface area contributed by atoms with Gasteiger partial charge in [-0.15, -0.1) is 0 Å². The Balaban J connectivity index is 2.94. The minimum Gasteiger partial charge on any atom is -0.386 e. The third kappa shape index (κ3) is 3.46. The van der Waals surface area contributed by atoms with Crippen molar-refractivity contribution >= 4 is 17.9 Å². The van der Waals surface area contributed by atoms with Crippen LogP contribution in [0.25, 0.3) is 0 Å². The maximum atomic E-state index is 10.6. The molecule has 0 radical (unpaired) electrons. The number of primary amides is 1. The van der Waals surface area contributed by atoms with Gasteiger partial charge in [0.25, 0.3) is 0 Å². The van der Waals surface area contributed by atoms with Crippen LogP contribution >= 0.6 is 0 Å². The molecule has 0 saturated carbocycles. The maximum absolute atomic E-state index is 10.6. The largest absolute Gasteiger partial charge is 0.386 e. The third-order valence-electron chi connectivity index (χ3n) is 1.25. The fourth-order valence-electron chi connectivity index (χ4n) is 0.847. The molecule has 0 aliphatic rings. The number of hydrogen-bond acceptors (Lipinski definition) is 6. The van der Waals surface area contributed by atoms with Crippen molar-refractivity contribution in [2.45, 2.75) is 6.92 Å². The second kappa shape index (κ2) is 4.22. The zero-order valence-electron chi connectivity index (χ0n) is 8.11. The molecule has 2 amide bonds. The average molecular weight is 209 g/mol. The Labute approximate surface area is 85.8 Å². The van der Waals surface area contributed by atoms with E-state index in [4.69, 9.17) is 11.5 Å². The average Bonchev–Trinajstić information content (AvgIpc) is 1.98. The highest BCUT2D eigenvalue weighted by molar-refractivity contribution is 5.85. The molecule has 0 bridgehead atoms. The Morgan fingerprint density at radius 1 is 1.20 bits per heavy atom. The summed E-state index contributed by atoms with van der Waals surface area (Å²) in [4.78, 5) is 22.1. The Morgan fingerprint density at radius 3 is 2.20 bits per heavy atom. The number of anilines is 2. The van der Waals surface area contributed by atoms with Crippen molar-refractivity contribution < 1.29 is 4.79 Å². The van der Waals surface area contributed by atoms with Gasteiger partial charge in [0.2, 0.25) is 11.9 Å². The molecule has 1 aromatic rings. The fraction of sp³-hybridized carbons (Fsp3) is 0.143. The third-order valence-corrected chi connectivity index (χ3v) is 1.25. The second-order valence-corrected chi connectivity index (χ2v) is 2.67. The second-order valence-electron chi connectivity index (χ2n) is 2.67. The van der Waals surface area contributed by atoms with E-state index in [0.717, 1.165) is 0 Å². The van der Waals surface area contributed by atoms with Crippen LogP contribution in [0.1, 0.15) is 5.82 Å². The first-order chi connectivity index (χ1) is 6.97. The monoisotopic (exact) mass is 209 g/mol. The first-order valence-corrected chi connectivity index (χ1v) is 3.98. The molecule has 6 N–H and O–H groups in total. The summed E-state index contributed by atoms with van der Waals surface area (Å²) in [6.45, 7) is 5.06. The van der Waals surface area contributed by atoms with E-state index in [1.165, 1.54) is 0 Å². The van der Waals surface area contributed by atoms with Gasteiger partial charge in [-0.1, -0.05) is 6.58 Å². The molecular weight excluding hydrogens is 198 g/mol. The number of aryl methyl sites for hydroxylation is 1. The predicted molar refractivity (Wildman–Crippen MR) is 54.7 cm³/mol. The number of nitrogens with zero attached hydrogens (tertiary/aromatic N) is 3. The highest BCUT2D eigenvalue weighted by Gasteiger charge is 2.04. The molecule has 1 heterocycles. The molecular formula is C7H11N7O. The van der Waals surface area contributed by atoms with Crippen LogP contribution in [0.2, 0.25) is 0 Å². The van der Waals surface area contributed by atoms with Crippen molar-refractivity contribution in [2.75, 3.05) is 10.6 Å². The van der Waals surface area contributed by atoms with Crippen LogP contribution in [-0.4, -0.2) is 21.0 Å². The van der Waals surface area contributed by atoms with Crippen molar-refractivity contribution in [3.8, 4) is 0 Å². The van der Waals surface area contributed by atoms with Crippen molar-refractivity contribution in [3.63, 3.8) is 0 Å². The molecule has 15 heavy (non-hydrogen) atoms. The number of urea groups is 1. The zero-order chi connectivity index (χ0) is 11.4. The molecule has 0 atom stereocenters. The van der Waals surface area contributed by atoms with Gasteiger partial charge in [0.05, 0.1) is 5.82 Å². The first kappa shape index (κ1) is 10.7. The summed E-state index contributed by atoms with van der Waals surface area (Å²) < 4.78 is 0. The van der Waals surface area contributed by atoms with Crippen molar-refractivity contribution in [3.05, 3.63) is 18.2 Å². The summed E-state index contributed by atoms with van der Waals surface area (Å²) in [5.74, 6) is 0.848. The van der Waals surface area contributed by atoms with Crippen LogP contribution in [-0.2, 0) is 0 Å². The van der Waals surface area contributed by atoms with E-state index < -0.39 is 6.03 Å². The highest BCUT2D eigenvalue weighted by Crippen LogP contribution is 2.05. The minimum absolute atomic E-state index is 0.0544. The normalized spacial score (nSPS) is 9.40. The van der Waals surface area contributed by atoms with Gasteiger partial charge in [-0.05, 0) is 6.92 Å². The lowest BCUT2D eigenvalue weighted by molar-refractivity contribution is 0.259. The van der Waals surface area contributed by atoms with Crippen molar-refractivity contribution in [1.82, 2.24) is 15.0 Å². The van der Waals surface area contributed by atoms with E-state index in [2.05, 4.69) is 32.2 Å². The van der Waals surface area contributed by atoms with Gasteiger partial charge in [-0.25, -0.2) is 4.79 Å². The van der Waals surface area contributed by atoms with Crippen molar-refractivity contribution in [1.29, 1.82) is 0 Å². The van der Waals surface area contributed by atoms with Crippen LogP contribution in [0, 0.1) is 6.92 Å². The van der Waals surface area contributed by atoms with Gasteiger partial charge in [0, 0.05) is 0 Å².